The Morgan fingerprint density at radius 3 is 2.59 bits per heavy atom. The van der Waals surface area contributed by atoms with Crippen LogP contribution in [0.5, 0.6) is 0 Å². The Morgan fingerprint density at radius 1 is 1.19 bits per heavy atom. The number of aromatic nitrogens is 2. The highest BCUT2D eigenvalue weighted by atomic mass is 16.2. The first kappa shape index (κ1) is 21.7. The number of nitrogens with one attached hydrogen (secondary N) is 2. The molecule has 1 aromatic carbocycles. The van der Waals surface area contributed by atoms with E-state index in [2.05, 4.69) is 15.4 Å². The van der Waals surface area contributed by atoms with Crippen molar-refractivity contribution in [2.45, 2.75) is 12.8 Å². The second kappa shape index (κ2) is 9.31. The smallest absolute Gasteiger partial charge is 0.226 e. The maximum absolute atomic E-state index is 13.3. The zero-order valence-electron chi connectivity index (χ0n) is 17.9. The van der Waals surface area contributed by atoms with Gasteiger partial charge in [0.15, 0.2) is 5.78 Å². The quantitative estimate of drug-likeness (QED) is 0.329. The zero-order valence-corrected chi connectivity index (χ0v) is 17.9. The minimum atomic E-state index is -0.433. The molecule has 2 heterocycles. The van der Waals surface area contributed by atoms with Gasteiger partial charge in [-0.15, -0.1) is 0 Å². The molecule has 0 bridgehead atoms. The average Bonchev–Trinajstić information content (AvgIpc) is 3.22. The van der Waals surface area contributed by atoms with E-state index in [0.717, 1.165) is 22.6 Å². The average molecular weight is 434 g/mol. The molecule has 1 unspecified atom stereocenters. The van der Waals surface area contributed by atoms with Gasteiger partial charge in [-0.25, -0.2) is 5.84 Å². The van der Waals surface area contributed by atoms with E-state index in [1.807, 2.05) is 42.5 Å². The highest BCUT2D eigenvalue weighted by Crippen LogP contribution is 2.42. The number of amides is 1. The van der Waals surface area contributed by atoms with E-state index >= 15 is 0 Å². The Kier molecular flexibility index (Phi) is 6.31. The molecule has 166 valence electrons. The molecule has 0 aliphatic heterocycles. The van der Waals surface area contributed by atoms with Gasteiger partial charge in [-0.3, -0.25) is 30.9 Å². The first-order valence-corrected chi connectivity index (χ1v) is 10.5. The number of hydrogen-bond acceptors (Lipinski definition) is 7. The minimum absolute atomic E-state index is 0.0754. The molecule has 6 N–H and O–H groups in total. The first-order chi connectivity index (χ1) is 15.5. The van der Waals surface area contributed by atoms with E-state index < -0.39 is 5.92 Å². The minimum Gasteiger partial charge on any atom is -0.356 e. The SMILES string of the molecule is CN(CCNN)C(=O)C1CC(=O)c2c([nH]c(-c3ccncc3)c2N(N)c2ccccc2)C1. The Bertz CT molecular complexity index is 1100. The van der Waals surface area contributed by atoms with Gasteiger partial charge in [0.05, 0.1) is 28.6 Å². The highest BCUT2D eigenvalue weighted by molar-refractivity contribution is 6.09. The molecule has 1 aliphatic rings. The molecule has 0 saturated carbocycles. The maximum Gasteiger partial charge on any atom is 0.226 e. The summed E-state index contributed by atoms with van der Waals surface area (Å²) in [7, 11) is 1.72. The summed E-state index contributed by atoms with van der Waals surface area (Å²) in [5, 5.41) is 1.53. The van der Waals surface area contributed by atoms with E-state index in [1.54, 1.807) is 24.3 Å². The standard InChI is InChI=1S/C23H27N7O2/c1-29(12-11-27-24)23(32)16-13-18-20(19(31)14-16)22(30(25)17-5-3-2-4-6-17)21(28-18)15-7-9-26-10-8-15/h2-10,16,27-28H,11-14,24-25H2,1H3. The Morgan fingerprint density at radius 2 is 1.91 bits per heavy atom. The summed E-state index contributed by atoms with van der Waals surface area (Å²) >= 11 is 0. The van der Waals surface area contributed by atoms with Gasteiger partial charge in [0, 0.05) is 56.6 Å². The molecule has 9 heteroatoms. The summed E-state index contributed by atoms with van der Waals surface area (Å²) in [6.07, 6.45) is 3.95. The van der Waals surface area contributed by atoms with Crippen LogP contribution in [0.15, 0.2) is 54.9 Å². The monoisotopic (exact) mass is 433 g/mol. The molecule has 2 aromatic heterocycles. The Balaban J connectivity index is 1.75. The Labute approximate surface area is 186 Å². The number of carbonyl (C=O) groups excluding carboxylic acids is 2. The number of carbonyl (C=O) groups is 2. The molecule has 1 aliphatic carbocycles. The molecule has 0 saturated heterocycles. The summed E-state index contributed by atoms with van der Waals surface area (Å²) in [4.78, 5) is 35.3. The van der Waals surface area contributed by atoms with Crippen molar-refractivity contribution in [1.29, 1.82) is 0 Å². The highest BCUT2D eigenvalue weighted by Gasteiger charge is 2.37. The van der Waals surface area contributed by atoms with Gasteiger partial charge in [0.2, 0.25) is 5.91 Å². The number of para-hydroxylation sites is 1. The van der Waals surface area contributed by atoms with E-state index in [-0.39, 0.29) is 18.1 Å². The third-order valence-corrected chi connectivity index (χ3v) is 5.77. The third-order valence-electron chi connectivity index (χ3n) is 5.77. The van der Waals surface area contributed by atoms with Crippen LogP contribution in [0.4, 0.5) is 11.4 Å². The summed E-state index contributed by atoms with van der Waals surface area (Å²) in [5.74, 6) is 11.2. The molecule has 32 heavy (non-hydrogen) atoms. The molecular formula is C23H27N7O2. The Hall–Kier alpha value is -3.53. The number of pyridine rings is 1. The lowest BCUT2D eigenvalue weighted by Crippen LogP contribution is -2.41. The van der Waals surface area contributed by atoms with E-state index in [1.165, 1.54) is 5.01 Å². The number of aromatic amines is 1. The maximum atomic E-state index is 13.3. The number of Topliss-reactive ketones (excluding diaryl/α,β-unsaturated/α-hetero) is 1. The first-order valence-electron chi connectivity index (χ1n) is 10.5. The number of hydrogen-bond donors (Lipinski definition) is 4. The lowest BCUT2D eigenvalue weighted by molar-refractivity contribution is -0.134. The number of hydrazine groups is 2. The third kappa shape index (κ3) is 4.13. The van der Waals surface area contributed by atoms with Crippen LogP contribution >= 0.6 is 0 Å². The molecule has 1 amide bonds. The van der Waals surface area contributed by atoms with Crippen LogP contribution in [0.2, 0.25) is 0 Å². The number of rotatable bonds is 7. The fourth-order valence-corrected chi connectivity index (χ4v) is 4.15. The molecule has 1 atom stereocenters. The summed E-state index contributed by atoms with van der Waals surface area (Å²) in [6.45, 7) is 0.946. The number of benzene rings is 1. The van der Waals surface area contributed by atoms with E-state index in [4.69, 9.17) is 11.7 Å². The molecule has 0 fully saturated rings. The van der Waals surface area contributed by atoms with Crippen molar-refractivity contribution in [2.24, 2.45) is 17.6 Å². The molecule has 0 spiro atoms. The summed E-state index contributed by atoms with van der Waals surface area (Å²) in [6, 6.07) is 13.2. The largest absolute Gasteiger partial charge is 0.356 e. The number of likely N-dealkylation sites (N-methyl/N-ethyl adjacent to an activating group) is 1. The summed E-state index contributed by atoms with van der Waals surface area (Å²) < 4.78 is 0. The van der Waals surface area contributed by atoms with Gasteiger partial charge in [0.25, 0.3) is 0 Å². The van der Waals surface area contributed by atoms with Gasteiger partial charge in [0.1, 0.15) is 0 Å². The molecule has 9 nitrogen and oxygen atoms in total. The topological polar surface area (TPSA) is 133 Å². The number of H-pyrrole nitrogens is 1. The normalized spacial score (nSPS) is 15.3. The fraction of sp³-hybridized carbons (Fsp3) is 0.261. The number of anilines is 2. The van der Waals surface area contributed by atoms with Crippen molar-refractivity contribution >= 4 is 23.1 Å². The predicted molar refractivity (Wildman–Crippen MR) is 123 cm³/mol. The van der Waals surface area contributed by atoms with Crippen LogP contribution in [0, 0.1) is 5.92 Å². The van der Waals surface area contributed by atoms with Crippen LogP contribution < -0.4 is 22.1 Å². The van der Waals surface area contributed by atoms with Gasteiger partial charge < -0.3 is 9.88 Å². The van der Waals surface area contributed by atoms with Crippen LogP contribution in [-0.4, -0.2) is 46.7 Å². The van der Waals surface area contributed by atoms with Crippen molar-refractivity contribution in [3.63, 3.8) is 0 Å². The molecule has 4 rings (SSSR count). The lowest BCUT2D eigenvalue weighted by Gasteiger charge is -2.27. The lowest BCUT2D eigenvalue weighted by atomic mass is 9.85. The van der Waals surface area contributed by atoms with Crippen molar-refractivity contribution in [2.75, 3.05) is 25.1 Å². The van der Waals surface area contributed by atoms with E-state index in [0.29, 0.717) is 30.8 Å². The number of fused-ring (bicyclic) bond motifs is 1. The molecule has 0 radical (unpaired) electrons. The van der Waals surface area contributed by atoms with Crippen molar-refractivity contribution < 1.29 is 9.59 Å². The van der Waals surface area contributed by atoms with Crippen LogP contribution in [-0.2, 0) is 11.2 Å². The predicted octanol–water partition coefficient (Wildman–Crippen LogP) is 1.76. The number of nitrogens with zero attached hydrogens (tertiary/aromatic N) is 3. The molecule has 3 aromatic rings. The number of ketones is 1. The zero-order chi connectivity index (χ0) is 22.7. The van der Waals surface area contributed by atoms with Crippen LogP contribution in [0.25, 0.3) is 11.3 Å². The molecular weight excluding hydrogens is 406 g/mol. The van der Waals surface area contributed by atoms with Crippen molar-refractivity contribution in [3.05, 3.63) is 66.1 Å². The van der Waals surface area contributed by atoms with Crippen LogP contribution in [0.1, 0.15) is 22.5 Å². The fourth-order valence-electron chi connectivity index (χ4n) is 4.15. The second-order valence-corrected chi connectivity index (χ2v) is 7.89. The summed E-state index contributed by atoms with van der Waals surface area (Å²) in [5.41, 5.74) is 6.75. The van der Waals surface area contributed by atoms with E-state index in [9.17, 15) is 9.59 Å². The van der Waals surface area contributed by atoms with Crippen molar-refractivity contribution in [3.8, 4) is 11.3 Å². The van der Waals surface area contributed by atoms with Crippen molar-refractivity contribution in [1.82, 2.24) is 20.3 Å². The van der Waals surface area contributed by atoms with Gasteiger partial charge in [-0.1, -0.05) is 18.2 Å². The van der Waals surface area contributed by atoms with Crippen LogP contribution in [0.3, 0.4) is 0 Å². The number of nitrogens with two attached hydrogens (primary N) is 2. The van der Waals surface area contributed by atoms with Gasteiger partial charge in [-0.2, -0.15) is 0 Å². The van der Waals surface area contributed by atoms with Gasteiger partial charge in [-0.05, 0) is 24.3 Å². The second-order valence-electron chi connectivity index (χ2n) is 7.89. The van der Waals surface area contributed by atoms with Gasteiger partial charge >= 0.3 is 0 Å².